The number of nitrogens with zero attached hydrogens (tertiary/aromatic N) is 5. The molecule has 0 spiro atoms. The number of para-hydroxylation sites is 6. The summed E-state index contributed by atoms with van der Waals surface area (Å²) in [6.45, 7) is 0. The molecule has 5 nitrogen and oxygen atoms in total. The van der Waals surface area contributed by atoms with Gasteiger partial charge in [0, 0.05) is 37.9 Å². The summed E-state index contributed by atoms with van der Waals surface area (Å²) in [7, 11) is 0. The van der Waals surface area contributed by atoms with E-state index in [0.29, 0.717) is 11.1 Å². The SMILES string of the molecule is N#Cc1ccc2c(c1)c1cccc(-n3c4ccccc4c4ccccc43)c1n2-c1ccc(-c2ccccc2-n2c3ccccc3c3ccccc32)cc1C#N. The van der Waals surface area contributed by atoms with Crippen LogP contribution in [0.25, 0.3) is 93.6 Å². The second-order valence-corrected chi connectivity index (χ2v) is 14.0. The highest BCUT2D eigenvalue weighted by molar-refractivity contribution is 6.15. The van der Waals surface area contributed by atoms with Gasteiger partial charge in [-0.3, -0.25) is 0 Å². The first-order chi connectivity index (χ1) is 27.2. The molecule has 0 amide bonds. The van der Waals surface area contributed by atoms with Gasteiger partial charge in [-0.25, -0.2) is 0 Å². The predicted octanol–water partition coefficient (Wildman–Crippen LogP) is 12.4. The normalized spacial score (nSPS) is 11.6. The Bertz CT molecular complexity index is 3360. The molecular weight excluding hydrogens is 671 g/mol. The zero-order valence-electron chi connectivity index (χ0n) is 29.5. The van der Waals surface area contributed by atoms with Gasteiger partial charge in [-0.15, -0.1) is 0 Å². The quantitative estimate of drug-likeness (QED) is 0.184. The molecule has 3 aromatic heterocycles. The van der Waals surface area contributed by atoms with E-state index in [4.69, 9.17) is 0 Å². The Morgan fingerprint density at radius 3 is 1.45 bits per heavy atom. The van der Waals surface area contributed by atoms with Crippen LogP contribution in [-0.4, -0.2) is 13.7 Å². The lowest BCUT2D eigenvalue weighted by Crippen LogP contribution is -2.03. The summed E-state index contributed by atoms with van der Waals surface area (Å²) in [5.74, 6) is 0. The minimum Gasteiger partial charge on any atom is -0.309 e. The Kier molecular flexibility index (Phi) is 6.61. The molecule has 0 bridgehead atoms. The zero-order valence-corrected chi connectivity index (χ0v) is 29.5. The third-order valence-corrected chi connectivity index (χ3v) is 11.1. The molecule has 0 saturated heterocycles. The van der Waals surface area contributed by atoms with Crippen LogP contribution in [0, 0.1) is 22.7 Å². The molecule has 5 heteroatoms. The highest BCUT2D eigenvalue weighted by Gasteiger charge is 2.22. The summed E-state index contributed by atoms with van der Waals surface area (Å²) in [5, 5.41) is 27.6. The zero-order chi connectivity index (χ0) is 36.6. The minimum atomic E-state index is 0.551. The number of aromatic nitrogens is 3. The highest BCUT2D eigenvalue weighted by atomic mass is 15.1. The Labute approximate surface area is 316 Å². The Morgan fingerprint density at radius 1 is 0.345 bits per heavy atom. The van der Waals surface area contributed by atoms with Crippen LogP contribution in [0.1, 0.15) is 11.1 Å². The molecular formula is C50H29N5. The van der Waals surface area contributed by atoms with Crippen LogP contribution in [0.2, 0.25) is 0 Å². The van der Waals surface area contributed by atoms with E-state index in [-0.39, 0.29) is 0 Å². The fourth-order valence-electron chi connectivity index (χ4n) is 8.82. The van der Waals surface area contributed by atoms with Gasteiger partial charge in [-0.1, -0.05) is 109 Å². The molecule has 254 valence electrons. The molecule has 0 atom stereocenters. The molecule has 0 saturated carbocycles. The van der Waals surface area contributed by atoms with Crippen LogP contribution in [-0.2, 0) is 0 Å². The highest BCUT2D eigenvalue weighted by Crippen LogP contribution is 2.42. The summed E-state index contributed by atoms with van der Waals surface area (Å²) < 4.78 is 6.87. The lowest BCUT2D eigenvalue weighted by Gasteiger charge is -2.17. The Morgan fingerprint density at radius 2 is 0.855 bits per heavy atom. The summed E-state index contributed by atoms with van der Waals surface area (Å²) in [6.07, 6.45) is 0. The van der Waals surface area contributed by atoms with Gasteiger partial charge < -0.3 is 13.7 Å². The fraction of sp³-hybridized carbons (Fsp3) is 0. The first-order valence-corrected chi connectivity index (χ1v) is 18.3. The van der Waals surface area contributed by atoms with Crippen molar-refractivity contribution >= 4 is 65.4 Å². The van der Waals surface area contributed by atoms with Gasteiger partial charge in [0.15, 0.2) is 0 Å². The van der Waals surface area contributed by atoms with Crippen molar-refractivity contribution in [2.75, 3.05) is 0 Å². The first-order valence-electron chi connectivity index (χ1n) is 18.3. The molecule has 0 aliphatic carbocycles. The molecule has 0 unspecified atom stereocenters. The van der Waals surface area contributed by atoms with E-state index in [1.165, 1.54) is 21.5 Å². The number of hydrogen-bond acceptors (Lipinski definition) is 2. The van der Waals surface area contributed by atoms with Gasteiger partial charge in [-0.2, -0.15) is 10.5 Å². The number of fused-ring (bicyclic) bond motifs is 9. The summed E-state index contributed by atoms with van der Waals surface area (Å²) >= 11 is 0. The first kappa shape index (κ1) is 30.7. The minimum absolute atomic E-state index is 0.551. The third-order valence-electron chi connectivity index (χ3n) is 11.1. The second-order valence-electron chi connectivity index (χ2n) is 14.0. The molecule has 0 N–H and O–H groups in total. The van der Waals surface area contributed by atoms with Gasteiger partial charge >= 0.3 is 0 Å². The summed E-state index contributed by atoms with van der Waals surface area (Å²) in [4.78, 5) is 0. The average molecular weight is 700 g/mol. The van der Waals surface area contributed by atoms with Gasteiger partial charge in [0.1, 0.15) is 6.07 Å². The standard InChI is InChI=1S/C50H29N5/c51-30-32-24-26-48-41(28-32)40-17-11-23-49(54-46-21-9-4-15-38(46)39-16-5-10-22-47(39)54)50(40)55(48)42-27-25-33(29-34(42)31-52)35-12-1-6-18-43(35)53-44-19-7-2-13-36(44)37-14-3-8-20-45(37)53/h1-29H. The predicted molar refractivity (Wildman–Crippen MR) is 224 cm³/mol. The van der Waals surface area contributed by atoms with Crippen LogP contribution in [0.5, 0.6) is 0 Å². The van der Waals surface area contributed by atoms with E-state index < -0.39 is 0 Å². The molecule has 55 heavy (non-hydrogen) atoms. The number of benzene rings is 8. The molecule has 8 aromatic carbocycles. The van der Waals surface area contributed by atoms with Crippen molar-refractivity contribution in [1.29, 1.82) is 10.5 Å². The maximum atomic E-state index is 11.0. The van der Waals surface area contributed by atoms with Crippen LogP contribution < -0.4 is 0 Å². The lowest BCUT2D eigenvalue weighted by molar-refractivity contribution is 1.12. The third kappa shape index (κ3) is 4.39. The second kappa shape index (κ2) is 11.8. The topological polar surface area (TPSA) is 62.4 Å². The summed E-state index contributed by atoms with van der Waals surface area (Å²) in [6, 6.07) is 65.8. The van der Waals surface area contributed by atoms with Crippen LogP contribution in [0.15, 0.2) is 176 Å². The van der Waals surface area contributed by atoms with Crippen molar-refractivity contribution in [3.63, 3.8) is 0 Å². The van der Waals surface area contributed by atoms with Crippen molar-refractivity contribution in [2.45, 2.75) is 0 Å². The van der Waals surface area contributed by atoms with Crippen LogP contribution >= 0.6 is 0 Å². The molecule has 0 aliphatic heterocycles. The number of rotatable bonds is 4. The number of hydrogen-bond donors (Lipinski definition) is 0. The van der Waals surface area contributed by atoms with E-state index >= 15 is 0 Å². The molecule has 0 fully saturated rings. The van der Waals surface area contributed by atoms with E-state index in [1.807, 2.05) is 24.3 Å². The van der Waals surface area contributed by atoms with Crippen molar-refractivity contribution in [2.24, 2.45) is 0 Å². The maximum absolute atomic E-state index is 11.0. The molecule has 11 aromatic rings. The molecule has 11 rings (SSSR count). The molecule has 0 radical (unpaired) electrons. The van der Waals surface area contributed by atoms with Gasteiger partial charge in [-0.05, 0) is 72.3 Å². The Balaban J connectivity index is 1.19. The van der Waals surface area contributed by atoms with E-state index in [1.54, 1.807) is 0 Å². The van der Waals surface area contributed by atoms with Crippen molar-refractivity contribution in [3.8, 4) is 40.3 Å². The van der Waals surface area contributed by atoms with Crippen molar-refractivity contribution in [1.82, 2.24) is 13.7 Å². The van der Waals surface area contributed by atoms with Crippen LogP contribution in [0.3, 0.4) is 0 Å². The monoisotopic (exact) mass is 699 g/mol. The van der Waals surface area contributed by atoms with Gasteiger partial charge in [0.2, 0.25) is 0 Å². The van der Waals surface area contributed by atoms with E-state index in [0.717, 1.165) is 72.1 Å². The molecule has 0 aliphatic rings. The lowest BCUT2D eigenvalue weighted by atomic mass is 10.00. The smallest absolute Gasteiger partial charge is 0.101 e. The van der Waals surface area contributed by atoms with E-state index in [2.05, 4.69) is 177 Å². The van der Waals surface area contributed by atoms with Crippen LogP contribution in [0.4, 0.5) is 0 Å². The van der Waals surface area contributed by atoms with Crippen molar-refractivity contribution < 1.29 is 0 Å². The summed E-state index contributed by atoms with van der Waals surface area (Å²) in [5.41, 5.74) is 12.3. The Hall–Kier alpha value is -7.86. The van der Waals surface area contributed by atoms with Gasteiger partial charge in [0.05, 0.1) is 67.4 Å². The van der Waals surface area contributed by atoms with Gasteiger partial charge in [0.25, 0.3) is 0 Å². The maximum Gasteiger partial charge on any atom is 0.101 e. The van der Waals surface area contributed by atoms with Crippen molar-refractivity contribution in [3.05, 3.63) is 187 Å². The van der Waals surface area contributed by atoms with E-state index in [9.17, 15) is 10.5 Å². The molecule has 3 heterocycles. The largest absolute Gasteiger partial charge is 0.309 e. The average Bonchev–Trinajstić information content (AvgIpc) is 3.89. The number of nitriles is 2. The fourth-order valence-corrected chi connectivity index (χ4v) is 8.82.